The van der Waals surface area contributed by atoms with Crippen LogP contribution in [0.1, 0.15) is 11.6 Å². The Morgan fingerprint density at radius 2 is 1.83 bits per heavy atom. The Balaban J connectivity index is 0.00000162. The summed E-state index contributed by atoms with van der Waals surface area (Å²) in [5.74, 6) is -0.259. The highest BCUT2D eigenvalue weighted by atomic mass is 35.5. The highest BCUT2D eigenvalue weighted by Gasteiger charge is 2.16. The van der Waals surface area contributed by atoms with E-state index < -0.39 is 12.0 Å². The van der Waals surface area contributed by atoms with Crippen LogP contribution < -0.4 is 5.73 Å². The first-order chi connectivity index (χ1) is 8.11. The van der Waals surface area contributed by atoms with Gasteiger partial charge < -0.3 is 15.6 Å². The molecule has 96 valence electrons. The Labute approximate surface area is 111 Å². The summed E-state index contributed by atoms with van der Waals surface area (Å²) < 4.78 is 4.59. The lowest BCUT2D eigenvalue weighted by atomic mass is 10.0. The molecule has 1 atom stereocenters. The van der Waals surface area contributed by atoms with E-state index in [-0.39, 0.29) is 18.2 Å². The summed E-state index contributed by atoms with van der Waals surface area (Å²) in [6.45, 7) is 0. The Morgan fingerprint density at radius 1 is 1.22 bits per heavy atom. The van der Waals surface area contributed by atoms with E-state index in [9.17, 15) is 9.90 Å². The molecule has 0 aliphatic carbocycles. The summed E-state index contributed by atoms with van der Waals surface area (Å²) in [5, 5.41) is 11.1. The molecule has 0 fully saturated rings. The Kier molecular flexibility index (Phi) is 4.53. The number of esters is 1. The number of aromatic hydroxyl groups is 1. The van der Waals surface area contributed by atoms with Crippen molar-refractivity contribution in [2.75, 3.05) is 7.11 Å². The number of carbonyl (C=O) groups is 1. The maximum absolute atomic E-state index is 11.3. The number of methoxy groups -OCH3 is 1. The number of ether oxygens (including phenoxy) is 1. The standard InChI is InChI=1S/C13H13NO3.ClH/c1-17-13(16)12(14)10-3-2-9-7-11(15)5-4-8(9)6-10;/h2-7,12,15H,14H2,1H3;1H/t12-;/m0./s1. The maximum Gasteiger partial charge on any atom is 0.327 e. The number of hydrogen-bond donors (Lipinski definition) is 2. The van der Waals surface area contributed by atoms with Gasteiger partial charge in [-0.3, -0.25) is 4.79 Å². The lowest BCUT2D eigenvalue weighted by Gasteiger charge is -2.10. The van der Waals surface area contributed by atoms with Crippen LogP contribution in [-0.4, -0.2) is 18.2 Å². The predicted molar refractivity (Wildman–Crippen MR) is 71.8 cm³/mol. The predicted octanol–water partition coefficient (Wildman–Crippen LogP) is 2.14. The van der Waals surface area contributed by atoms with Crippen LogP contribution in [0.15, 0.2) is 36.4 Å². The summed E-state index contributed by atoms with van der Waals surface area (Å²) in [7, 11) is 1.31. The second-order valence-electron chi connectivity index (χ2n) is 3.79. The summed E-state index contributed by atoms with van der Waals surface area (Å²) in [6, 6.07) is 9.63. The first-order valence-electron chi connectivity index (χ1n) is 5.18. The van der Waals surface area contributed by atoms with Gasteiger partial charge in [-0.1, -0.05) is 18.2 Å². The third-order valence-corrected chi connectivity index (χ3v) is 2.66. The van der Waals surface area contributed by atoms with Crippen LogP contribution in [0.2, 0.25) is 0 Å². The molecule has 2 aromatic rings. The van der Waals surface area contributed by atoms with Gasteiger partial charge in [0.25, 0.3) is 0 Å². The third kappa shape index (κ3) is 2.72. The second-order valence-corrected chi connectivity index (χ2v) is 3.79. The largest absolute Gasteiger partial charge is 0.508 e. The van der Waals surface area contributed by atoms with Gasteiger partial charge in [-0.25, -0.2) is 0 Å². The average molecular weight is 268 g/mol. The number of nitrogens with two attached hydrogens (primary N) is 1. The molecule has 0 spiro atoms. The molecular weight excluding hydrogens is 254 g/mol. The molecule has 3 N–H and O–H groups in total. The van der Waals surface area contributed by atoms with Crippen LogP contribution in [0.25, 0.3) is 10.8 Å². The van der Waals surface area contributed by atoms with Crippen molar-refractivity contribution in [1.29, 1.82) is 0 Å². The SMILES string of the molecule is COC(=O)[C@@H](N)c1ccc2cc(O)ccc2c1.Cl. The van der Waals surface area contributed by atoms with Gasteiger partial charge >= 0.3 is 5.97 Å². The molecular formula is C13H14ClNO3. The molecule has 18 heavy (non-hydrogen) atoms. The van der Waals surface area contributed by atoms with E-state index in [0.29, 0.717) is 5.56 Å². The van der Waals surface area contributed by atoms with Gasteiger partial charge in [-0.2, -0.15) is 0 Å². The summed E-state index contributed by atoms with van der Waals surface area (Å²) in [5.41, 5.74) is 6.44. The van der Waals surface area contributed by atoms with Gasteiger partial charge in [0.1, 0.15) is 11.8 Å². The molecule has 0 radical (unpaired) electrons. The molecule has 0 saturated carbocycles. The lowest BCUT2D eigenvalue weighted by Crippen LogP contribution is -2.22. The van der Waals surface area contributed by atoms with Gasteiger partial charge in [0, 0.05) is 0 Å². The van der Waals surface area contributed by atoms with Crippen molar-refractivity contribution in [3.63, 3.8) is 0 Å². The molecule has 2 aromatic carbocycles. The van der Waals surface area contributed by atoms with Crippen LogP contribution in [0, 0.1) is 0 Å². The molecule has 0 amide bonds. The molecule has 0 saturated heterocycles. The Hall–Kier alpha value is -1.78. The molecule has 5 heteroatoms. The molecule has 0 heterocycles. The molecule has 4 nitrogen and oxygen atoms in total. The van der Waals surface area contributed by atoms with Crippen LogP contribution in [-0.2, 0) is 9.53 Å². The van der Waals surface area contributed by atoms with Crippen LogP contribution in [0.3, 0.4) is 0 Å². The Bertz CT molecular complexity index is 571. The smallest absolute Gasteiger partial charge is 0.327 e. The molecule has 0 bridgehead atoms. The fourth-order valence-corrected chi connectivity index (χ4v) is 1.71. The summed E-state index contributed by atoms with van der Waals surface area (Å²) >= 11 is 0. The minimum atomic E-state index is -0.779. The normalized spacial score (nSPS) is 11.7. The highest BCUT2D eigenvalue weighted by molar-refractivity contribution is 5.86. The van der Waals surface area contributed by atoms with Crippen molar-refractivity contribution >= 4 is 29.1 Å². The molecule has 0 aliphatic heterocycles. The van der Waals surface area contributed by atoms with Gasteiger partial charge in [0.2, 0.25) is 0 Å². The number of benzene rings is 2. The zero-order valence-electron chi connectivity index (χ0n) is 9.79. The topological polar surface area (TPSA) is 72.5 Å². The van der Waals surface area contributed by atoms with Crippen molar-refractivity contribution in [3.05, 3.63) is 42.0 Å². The van der Waals surface area contributed by atoms with Crippen molar-refractivity contribution in [1.82, 2.24) is 0 Å². The van der Waals surface area contributed by atoms with Crippen LogP contribution in [0.5, 0.6) is 5.75 Å². The van der Waals surface area contributed by atoms with Crippen molar-refractivity contribution in [2.45, 2.75) is 6.04 Å². The van der Waals surface area contributed by atoms with E-state index in [1.165, 1.54) is 7.11 Å². The van der Waals surface area contributed by atoms with E-state index in [2.05, 4.69) is 4.74 Å². The number of hydrogen-bond acceptors (Lipinski definition) is 4. The number of phenols is 1. The highest BCUT2D eigenvalue weighted by Crippen LogP contribution is 2.23. The zero-order valence-corrected chi connectivity index (χ0v) is 10.6. The van der Waals surface area contributed by atoms with Crippen LogP contribution >= 0.6 is 12.4 Å². The number of phenolic OH excluding ortho intramolecular Hbond substituents is 1. The van der Waals surface area contributed by atoms with Crippen molar-refractivity contribution in [3.8, 4) is 5.75 Å². The quantitative estimate of drug-likeness (QED) is 0.818. The first-order valence-corrected chi connectivity index (χ1v) is 5.18. The van der Waals surface area contributed by atoms with Gasteiger partial charge in [0.05, 0.1) is 7.11 Å². The first kappa shape index (κ1) is 14.3. The molecule has 2 rings (SSSR count). The molecule has 0 unspecified atom stereocenters. The number of carbonyl (C=O) groups excluding carboxylic acids is 1. The number of halogens is 1. The van der Waals surface area contributed by atoms with E-state index in [0.717, 1.165) is 10.8 Å². The van der Waals surface area contributed by atoms with Crippen LogP contribution in [0.4, 0.5) is 0 Å². The minimum absolute atomic E-state index is 0. The minimum Gasteiger partial charge on any atom is -0.508 e. The number of rotatable bonds is 2. The monoisotopic (exact) mass is 267 g/mol. The van der Waals surface area contributed by atoms with Gasteiger partial charge in [-0.05, 0) is 34.5 Å². The van der Waals surface area contributed by atoms with Gasteiger partial charge in [0.15, 0.2) is 0 Å². The second kappa shape index (κ2) is 5.71. The lowest BCUT2D eigenvalue weighted by molar-refractivity contribution is -0.142. The van der Waals surface area contributed by atoms with E-state index in [1.807, 2.05) is 12.1 Å². The molecule has 0 aliphatic rings. The Morgan fingerprint density at radius 3 is 2.50 bits per heavy atom. The maximum atomic E-state index is 11.3. The van der Waals surface area contributed by atoms with E-state index >= 15 is 0 Å². The fraction of sp³-hybridized carbons (Fsp3) is 0.154. The zero-order chi connectivity index (χ0) is 12.4. The summed E-state index contributed by atoms with van der Waals surface area (Å²) in [6.07, 6.45) is 0. The molecule has 0 aromatic heterocycles. The average Bonchev–Trinajstić information content (AvgIpc) is 2.36. The van der Waals surface area contributed by atoms with Crippen molar-refractivity contribution < 1.29 is 14.6 Å². The summed E-state index contributed by atoms with van der Waals surface area (Å²) in [4.78, 5) is 11.3. The van der Waals surface area contributed by atoms with Crippen molar-refractivity contribution in [2.24, 2.45) is 5.73 Å². The number of fused-ring (bicyclic) bond motifs is 1. The van der Waals surface area contributed by atoms with Gasteiger partial charge in [-0.15, -0.1) is 12.4 Å². The van der Waals surface area contributed by atoms with E-state index in [4.69, 9.17) is 5.73 Å². The fourth-order valence-electron chi connectivity index (χ4n) is 1.71. The van der Waals surface area contributed by atoms with E-state index in [1.54, 1.807) is 24.3 Å². The third-order valence-electron chi connectivity index (χ3n) is 2.66.